The highest BCUT2D eigenvalue weighted by molar-refractivity contribution is 7.47. The predicted octanol–water partition coefficient (Wildman–Crippen LogP) is 26.7. The topological polar surface area (TPSA) is 237 Å². The molecule has 0 radical (unpaired) electrons. The maximum absolute atomic E-state index is 13.1. The SMILES string of the molecule is CC(C)CCCCCCCCCCCCCCCCCCCCC(=O)OC[C@H](COP(=O)(O)OCC(O)COP(=O)(O)OC[C@@H](COC(=O)CCCCCCCCCC(C)C)OC(=O)CCCCCCCCCCCCCCCCCCCCC(C)C)OC(=O)CCCCCCCCCCCCCCC(C)C. The van der Waals surface area contributed by atoms with Crippen LogP contribution >= 0.6 is 15.6 Å². The van der Waals surface area contributed by atoms with Crippen LogP contribution in [0.2, 0.25) is 0 Å². The number of carbonyl (C=O) groups excluding carboxylic acids is 4. The molecule has 0 aromatic heterocycles. The molecule has 0 aromatic carbocycles. The van der Waals surface area contributed by atoms with E-state index in [-0.39, 0.29) is 25.7 Å². The molecule has 0 rings (SSSR count). The molecular formula is C88H172O17P2. The van der Waals surface area contributed by atoms with E-state index in [1.807, 2.05) is 0 Å². The van der Waals surface area contributed by atoms with E-state index < -0.39 is 97.5 Å². The van der Waals surface area contributed by atoms with E-state index in [0.29, 0.717) is 31.6 Å². The van der Waals surface area contributed by atoms with Gasteiger partial charge in [0.2, 0.25) is 0 Å². The Hall–Kier alpha value is -1.94. The number of aliphatic hydroxyl groups is 1. The number of rotatable bonds is 85. The second-order valence-corrected chi connectivity index (χ2v) is 36.4. The van der Waals surface area contributed by atoms with E-state index >= 15 is 0 Å². The minimum atomic E-state index is -4.97. The van der Waals surface area contributed by atoms with Gasteiger partial charge in [0.25, 0.3) is 0 Å². The van der Waals surface area contributed by atoms with Crippen molar-refractivity contribution in [2.75, 3.05) is 39.6 Å². The summed E-state index contributed by atoms with van der Waals surface area (Å²) >= 11 is 0. The molecule has 0 saturated carbocycles. The van der Waals surface area contributed by atoms with Gasteiger partial charge in [0.15, 0.2) is 12.2 Å². The molecule has 3 unspecified atom stereocenters. The molecule has 0 amide bonds. The average molecular weight is 1560 g/mol. The number of aliphatic hydroxyl groups excluding tert-OH is 1. The van der Waals surface area contributed by atoms with Crippen molar-refractivity contribution >= 4 is 39.5 Å². The molecule has 0 aliphatic rings. The third-order valence-corrected chi connectivity index (χ3v) is 22.5. The van der Waals surface area contributed by atoms with Gasteiger partial charge < -0.3 is 33.8 Å². The lowest BCUT2D eigenvalue weighted by molar-refractivity contribution is -0.161. The van der Waals surface area contributed by atoms with Crippen molar-refractivity contribution < 1.29 is 80.2 Å². The Bertz CT molecular complexity index is 2080. The van der Waals surface area contributed by atoms with Gasteiger partial charge in [-0.1, -0.05) is 409 Å². The highest BCUT2D eigenvalue weighted by Crippen LogP contribution is 2.45. The quantitative estimate of drug-likeness (QED) is 0.0222. The fourth-order valence-corrected chi connectivity index (χ4v) is 15.3. The number of ether oxygens (including phenoxy) is 4. The molecule has 17 nitrogen and oxygen atoms in total. The molecule has 0 heterocycles. The fraction of sp³-hybridized carbons (Fsp3) is 0.955. The van der Waals surface area contributed by atoms with Crippen molar-refractivity contribution in [3.8, 4) is 0 Å². The number of phosphoric acid groups is 2. The Morgan fingerprint density at radius 2 is 0.393 bits per heavy atom. The predicted molar refractivity (Wildman–Crippen MR) is 441 cm³/mol. The van der Waals surface area contributed by atoms with Gasteiger partial charge in [0.1, 0.15) is 19.3 Å². The maximum atomic E-state index is 13.1. The van der Waals surface area contributed by atoms with Crippen molar-refractivity contribution in [2.24, 2.45) is 23.7 Å². The number of esters is 4. The summed E-state index contributed by atoms with van der Waals surface area (Å²) in [7, 11) is -9.93. The molecule has 5 atom stereocenters. The van der Waals surface area contributed by atoms with Crippen LogP contribution in [0.15, 0.2) is 0 Å². The third-order valence-electron chi connectivity index (χ3n) is 20.6. The summed E-state index contributed by atoms with van der Waals surface area (Å²) < 4.78 is 68.9. The second kappa shape index (κ2) is 76.7. The van der Waals surface area contributed by atoms with Gasteiger partial charge in [0.05, 0.1) is 26.4 Å². The van der Waals surface area contributed by atoms with Gasteiger partial charge in [0, 0.05) is 25.7 Å². The molecule has 0 aliphatic carbocycles. The minimum absolute atomic E-state index is 0.107. The summed E-state index contributed by atoms with van der Waals surface area (Å²) in [5, 5.41) is 10.7. The summed E-state index contributed by atoms with van der Waals surface area (Å²) in [5.74, 6) is 1.02. The van der Waals surface area contributed by atoms with Crippen LogP contribution in [-0.4, -0.2) is 96.7 Å². The summed E-state index contributed by atoms with van der Waals surface area (Å²) in [6, 6.07) is 0. The second-order valence-electron chi connectivity index (χ2n) is 33.5. The van der Waals surface area contributed by atoms with E-state index in [4.69, 9.17) is 37.0 Å². The first kappa shape index (κ1) is 105. The van der Waals surface area contributed by atoms with Crippen LogP contribution in [0.25, 0.3) is 0 Å². The number of carbonyl (C=O) groups is 4. The van der Waals surface area contributed by atoms with Crippen molar-refractivity contribution in [3.63, 3.8) is 0 Å². The van der Waals surface area contributed by atoms with E-state index in [1.54, 1.807) is 0 Å². The van der Waals surface area contributed by atoms with Crippen molar-refractivity contribution in [1.29, 1.82) is 0 Å². The van der Waals surface area contributed by atoms with Crippen LogP contribution in [0.4, 0.5) is 0 Å². The zero-order chi connectivity index (χ0) is 78.8. The van der Waals surface area contributed by atoms with Crippen molar-refractivity contribution in [2.45, 2.75) is 478 Å². The van der Waals surface area contributed by atoms with Crippen LogP contribution in [0.3, 0.4) is 0 Å². The van der Waals surface area contributed by atoms with Crippen LogP contribution in [0, 0.1) is 23.7 Å². The zero-order valence-corrected chi connectivity index (χ0v) is 72.6. The Morgan fingerprint density at radius 3 is 0.579 bits per heavy atom. The summed E-state index contributed by atoms with van der Waals surface area (Å²) in [4.78, 5) is 73.3. The number of phosphoric ester groups is 2. The highest BCUT2D eigenvalue weighted by atomic mass is 31.2. The molecule has 0 aliphatic heterocycles. The number of hydrogen-bond donors (Lipinski definition) is 3. The van der Waals surface area contributed by atoms with Gasteiger partial charge >= 0.3 is 39.5 Å². The van der Waals surface area contributed by atoms with E-state index in [0.717, 1.165) is 114 Å². The highest BCUT2D eigenvalue weighted by Gasteiger charge is 2.31. The normalized spacial score (nSPS) is 13.9. The van der Waals surface area contributed by atoms with Crippen LogP contribution in [-0.2, 0) is 65.4 Å². The molecule has 0 spiro atoms. The van der Waals surface area contributed by atoms with Gasteiger partial charge in [-0.25, -0.2) is 9.13 Å². The third kappa shape index (κ3) is 81.9. The molecular weight excluding hydrogens is 1390 g/mol. The molecule has 107 heavy (non-hydrogen) atoms. The van der Waals surface area contributed by atoms with E-state index in [1.165, 1.54) is 257 Å². The average Bonchev–Trinajstić information content (AvgIpc) is 0.900. The lowest BCUT2D eigenvalue weighted by Gasteiger charge is -2.21. The Labute approximate surface area is 658 Å². The Balaban J connectivity index is 5.19. The summed E-state index contributed by atoms with van der Waals surface area (Å²) in [5.41, 5.74) is 0. The molecule has 0 fully saturated rings. The first-order valence-electron chi connectivity index (χ1n) is 45.2. The molecule has 0 saturated heterocycles. The first-order valence-corrected chi connectivity index (χ1v) is 48.2. The van der Waals surface area contributed by atoms with Gasteiger partial charge in [-0.05, 0) is 49.4 Å². The molecule has 3 N–H and O–H groups in total. The Morgan fingerprint density at radius 1 is 0.234 bits per heavy atom. The number of hydrogen-bond acceptors (Lipinski definition) is 15. The van der Waals surface area contributed by atoms with Gasteiger partial charge in [-0.3, -0.25) is 37.3 Å². The minimum Gasteiger partial charge on any atom is -0.462 e. The molecule has 0 bridgehead atoms. The van der Waals surface area contributed by atoms with E-state index in [9.17, 15) is 43.2 Å². The zero-order valence-electron chi connectivity index (χ0n) is 70.8. The van der Waals surface area contributed by atoms with Crippen LogP contribution in [0.5, 0.6) is 0 Å². The fourth-order valence-electron chi connectivity index (χ4n) is 13.7. The van der Waals surface area contributed by atoms with Crippen LogP contribution in [0.1, 0.15) is 460 Å². The first-order chi connectivity index (χ1) is 51.6. The molecule has 19 heteroatoms. The van der Waals surface area contributed by atoms with E-state index in [2.05, 4.69) is 55.4 Å². The maximum Gasteiger partial charge on any atom is 0.472 e. The van der Waals surface area contributed by atoms with Gasteiger partial charge in [-0.2, -0.15) is 0 Å². The smallest absolute Gasteiger partial charge is 0.462 e. The lowest BCUT2D eigenvalue weighted by atomic mass is 10.0. The van der Waals surface area contributed by atoms with Gasteiger partial charge in [-0.15, -0.1) is 0 Å². The Kier molecular flexibility index (Phi) is 75.3. The van der Waals surface area contributed by atoms with Crippen molar-refractivity contribution in [1.82, 2.24) is 0 Å². The molecule has 636 valence electrons. The monoisotopic (exact) mass is 1560 g/mol. The van der Waals surface area contributed by atoms with Crippen molar-refractivity contribution in [3.05, 3.63) is 0 Å². The lowest BCUT2D eigenvalue weighted by Crippen LogP contribution is -2.30. The summed E-state index contributed by atoms with van der Waals surface area (Å²) in [6.07, 6.45) is 66.9. The molecule has 0 aromatic rings. The standard InChI is InChI=1S/C88H172O17P2/c1-78(2)64-56-48-40-33-27-21-17-13-9-11-15-19-23-30-36-44-52-60-68-85(90)98-74-83(104-88(93)71-63-55-46-38-32-26-25-29-35-42-50-58-66-80(5)6)76-102-106(94,95)100-72-82(89)73-101-107(96,97)103-77-84(75-99-86(91)69-61-53-47-39-43-51-59-67-81(7)8)105-87(92)70-62-54-45-37-31-24-20-16-12-10-14-18-22-28-34-41-49-57-65-79(3)4/h78-84,89H,9-77H2,1-8H3,(H,94,95)(H,96,97)/t82?,83-,84-/m1/s1. The summed E-state index contributed by atoms with van der Waals surface area (Å²) in [6.45, 7) is 14.3. The number of unbranched alkanes of at least 4 members (excludes halogenated alkanes) is 51. The largest absolute Gasteiger partial charge is 0.472 e. The van der Waals surface area contributed by atoms with Crippen LogP contribution < -0.4 is 0 Å².